The van der Waals surface area contributed by atoms with E-state index in [-0.39, 0.29) is 5.91 Å². The first-order chi connectivity index (χ1) is 9.52. The third-order valence-electron chi connectivity index (χ3n) is 2.73. The second-order valence-electron chi connectivity index (χ2n) is 4.52. The first-order valence-corrected chi connectivity index (χ1v) is 6.80. The first kappa shape index (κ1) is 16.3. The molecule has 0 fully saturated rings. The van der Waals surface area contributed by atoms with E-state index >= 15 is 0 Å². The maximum absolute atomic E-state index is 11.4. The minimum atomic E-state index is 0.0886. The normalized spacial score (nSPS) is 11.1. The molecular weight excluding hydrogens is 276 g/mol. The molecule has 0 bridgehead atoms. The second-order valence-corrected chi connectivity index (χ2v) is 4.95. The number of carbonyl (C=O) groups excluding carboxylic acids is 1. The van der Waals surface area contributed by atoms with E-state index in [0.717, 1.165) is 10.6 Å². The molecule has 2 N–H and O–H groups in total. The lowest BCUT2D eigenvalue weighted by Crippen LogP contribution is -2.38. The number of nitrogens with zero attached hydrogens (tertiary/aromatic N) is 2. The van der Waals surface area contributed by atoms with Crippen LogP contribution in [0.2, 0.25) is 5.02 Å². The number of rotatable bonds is 5. The van der Waals surface area contributed by atoms with Crippen molar-refractivity contribution in [3.8, 4) is 0 Å². The Hall–Kier alpha value is -1.75. The van der Waals surface area contributed by atoms with Gasteiger partial charge >= 0.3 is 0 Å². The summed E-state index contributed by atoms with van der Waals surface area (Å²) in [6, 6.07) is 7.62. The molecule has 0 aromatic heterocycles. The summed E-state index contributed by atoms with van der Waals surface area (Å²) in [7, 11) is 5.19. The molecule has 1 rings (SSSR count). The highest BCUT2D eigenvalue weighted by atomic mass is 35.5. The van der Waals surface area contributed by atoms with Crippen LogP contribution >= 0.6 is 11.6 Å². The van der Waals surface area contributed by atoms with E-state index in [1.54, 1.807) is 26.0 Å². The predicted octanol–water partition coefficient (Wildman–Crippen LogP) is 1.48. The van der Waals surface area contributed by atoms with Gasteiger partial charge in [-0.05, 0) is 17.7 Å². The Morgan fingerprint density at radius 2 is 1.90 bits per heavy atom. The van der Waals surface area contributed by atoms with Crippen LogP contribution in [0.1, 0.15) is 12.0 Å². The monoisotopic (exact) mass is 296 g/mol. The maximum Gasteiger partial charge on any atom is 0.223 e. The van der Waals surface area contributed by atoms with Gasteiger partial charge in [0.1, 0.15) is 0 Å². The standard InChI is InChI=1S/C14H21ClN4O/c1-16-14(17-9-8-13(20)19(2)3)18-10-11-4-6-12(15)7-5-11/h4-7H,8-10H2,1-3H3,(H2,16,17,18). The van der Waals surface area contributed by atoms with Crippen molar-refractivity contribution in [2.75, 3.05) is 27.7 Å². The molecule has 0 radical (unpaired) electrons. The van der Waals surface area contributed by atoms with Gasteiger partial charge in [0.2, 0.25) is 5.91 Å². The fourth-order valence-corrected chi connectivity index (χ4v) is 1.65. The van der Waals surface area contributed by atoms with Crippen LogP contribution in [0.4, 0.5) is 0 Å². The molecule has 0 aliphatic carbocycles. The predicted molar refractivity (Wildman–Crippen MR) is 83.0 cm³/mol. The van der Waals surface area contributed by atoms with Crippen molar-refractivity contribution in [1.29, 1.82) is 0 Å². The fourth-order valence-electron chi connectivity index (χ4n) is 1.52. The van der Waals surface area contributed by atoms with E-state index in [1.165, 1.54) is 0 Å². The van der Waals surface area contributed by atoms with Crippen molar-refractivity contribution in [3.05, 3.63) is 34.9 Å². The summed E-state index contributed by atoms with van der Waals surface area (Å²) in [6.45, 7) is 1.20. The van der Waals surface area contributed by atoms with Gasteiger partial charge in [-0.15, -0.1) is 0 Å². The molecule has 0 aliphatic rings. The largest absolute Gasteiger partial charge is 0.356 e. The Balaban J connectivity index is 2.33. The summed E-state index contributed by atoms with van der Waals surface area (Å²) in [4.78, 5) is 17.1. The van der Waals surface area contributed by atoms with Crippen LogP contribution in [0.15, 0.2) is 29.3 Å². The van der Waals surface area contributed by atoms with Crippen LogP contribution in [0.5, 0.6) is 0 Å². The smallest absolute Gasteiger partial charge is 0.223 e. The third-order valence-corrected chi connectivity index (χ3v) is 2.98. The van der Waals surface area contributed by atoms with Crippen LogP contribution in [0.3, 0.4) is 0 Å². The van der Waals surface area contributed by atoms with Crippen LogP contribution in [-0.2, 0) is 11.3 Å². The zero-order chi connectivity index (χ0) is 15.0. The van der Waals surface area contributed by atoms with Gasteiger partial charge in [-0.3, -0.25) is 9.79 Å². The highest BCUT2D eigenvalue weighted by molar-refractivity contribution is 6.30. The molecule has 0 unspecified atom stereocenters. The van der Waals surface area contributed by atoms with E-state index < -0.39 is 0 Å². The summed E-state index contributed by atoms with van der Waals surface area (Å²) in [5.41, 5.74) is 1.11. The summed E-state index contributed by atoms with van der Waals surface area (Å²) < 4.78 is 0. The van der Waals surface area contributed by atoms with E-state index in [4.69, 9.17) is 11.6 Å². The summed E-state index contributed by atoms with van der Waals surface area (Å²) in [5, 5.41) is 7.00. The Kier molecular flexibility index (Phi) is 6.87. The highest BCUT2D eigenvalue weighted by Gasteiger charge is 2.04. The summed E-state index contributed by atoms with van der Waals surface area (Å²) >= 11 is 5.83. The Morgan fingerprint density at radius 3 is 2.45 bits per heavy atom. The van der Waals surface area contributed by atoms with Crippen LogP contribution < -0.4 is 10.6 Å². The lowest BCUT2D eigenvalue weighted by atomic mass is 10.2. The average Bonchev–Trinajstić information content (AvgIpc) is 2.44. The van der Waals surface area contributed by atoms with Crippen LogP contribution in [-0.4, -0.2) is 44.5 Å². The quantitative estimate of drug-likeness (QED) is 0.639. The van der Waals surface area contributed by atoms with Crippen LogP contribution in [0, 0.1) is 0 Å². The first-order valence-electron chi connectivity index (χ1n) is 6.42. The molecule has 0 saturated carbocycles. The van der Waals surface area contributed by atoms with Crippen molar-refractivity contribution >= 4 is 23.5 Å². The molecule has 0 saturated heterocycles. The molecule has 0 heterocycles. The molecule has 110 valence electrons. The number of halogens is 1. The number of nitrogens with one attached hydrogen (secondary N) is 2. The Labute approximate surface area is 125 Å². The molecular formula is C14H21ClN4O. The fraction of sp³-hybridized carbons (Fsp3) is 0.429. The number of guanidine groups is 1. The summed E-state index contributed by atoms with van der Waals surface area (Å²) in [6.07, 6.45) is 0.439. The van der Waals surface area contributed by atoms with Gasteiger partial charge in [0.05, 0.1) is 0 Å². The number of amides is 1. The zero-order valence-corrected chi connectivity index (χ0v) is 12.9. The van der Waals surface area contributed by atoms with Gasteiger partial charge in [0.25, 0.3) is 0 Å². The van der Waals surface area contributed by atoms with Crippen LogP contribution in [0.25, 0.3) is 0 Å². The van der Waals surface area contributed by atoms with Gasteiger partial charge < -0.3 is 15.5 Å². The van der Waals surface area contributed by atoms with E-state index in [9.17, 15) is 4.79 Å². The third kappa shape index (κ3) is 5.93. The number of hydrogen-bond acceptors (Lipinski definition) is 2. The van der Waals surface area contributed by atoms with Crippen molar-refractivity contribution in [2.24, 2.45) is 4.99 Å². The van der Waals surface area contributed by atoms with Gasteiger partial charge in [-0.25, -0.2) is 0 Å². The Morgan fingerprint density at radius 1 is 1.25 bits per heavy atom. The van der Waals surface area contributed by atoms with Crippen molar-refractivity contribution in [3.63, 3.8) is 0 Å². The van der Waals surface area contributed by atoms with Gasteiger partial charge in [-0.1, -0.05) is 23.7 Å². The minimum absolute atomic E-state index is 0.0886. The lowest BCUT2D eigenvalue weighted by Gasteiger charge is -2.13. The van der Waals surface area contributed by atoms with Gasteiger partial charge in [0, 0.05) is 45.7 Å². The van der Waals surface area contributed by atoms with Crippen molar-refractivity contribution in [1.82, 2.24) is 15.5 Å². The summed E-state index contributed by atoms with van der Waals surface area (Å²) in [5.74, 6) is 0.761. The topological polar surface area (TPSA) is 56.7 Å². The number of hydrogen-bond donors (Lipinski definition) is 2. The van der Waals surface area contributed by atoms with Crippen molar-refractivity contribution in [2.45, 2.75) is 13.0 Å². The molecule has 1 aromatic carbocycles. The molecule has 0 spiro atoms. The molecule has 0 aliphatic heterocycles. The van der Waals surface area contributed by atoms with E-state index in [0.29, 0.717) is 25.5 Å². The lowest BCUT2D eigenvalue weighted by molar-refractivity contribution is -0.128. The molecule has 1 aromatic rings. The van der Waals surface area contributed by atoms with E-state index in [2.05, 4.69) is 15.6 Å². The van der Waals surface area contributed by atoms with Gasteiger partial charge in [-0.2, -0.15) is 0 Å². The molecule has 5 nitrogen and oxygen atoms in total. The highest BCUT2D eigenvalue weighted by Crippen LogP contribution is 2.08. The van der Waals surface area contributed by atoms with E-state index in [1.807, 2.05) is 24.3 Å². The van der Waals surface area contributed by atoms with Gasteiger partial charge in [0.15, 0.2) is 5.96 Å². The molecule has 20 heavy (non-hydrogen) atoms. The minimum Gasteiger partial charge on any atom is -0.356 e. The average molecular weight is 297 g/mol. The number of carbonyl (C=O) groups is 1. The van der Waals surface area contributed by atoms with Crippen molar-refractivity contribution < 1.29 is 4.79 Å². The molecule has 6 heteroatoms. The SMILES string of the molecule is CN=C(NCCC(=O)N(C)C)NCc1ccc(Cl)cc1. The maximum atomic E-state index is 11.4. The molecule has 0 atom stereocenters. The second kappa shape index (κ2) is 8.43. The molecule has 1 amide bonds. The number of aliphatic imine (C=N–C) groups is 1. The zero-order valence-electron chi connectivity index (χ0n) is 12.1. The number of benzene rings is 1. The Bertz CT molecular complexity index is 457.